The first-order chi connectivity index (χ1) is 10.9. The molecule has 0 aliphatic heterocycles. The topological polar surface area (TPSA) is 66.5 Å². The van der Waals surface area contributed by atoms with Gasteiger partial charge in [0.15, 0.2) is 0 Å². The fraction of sp³-hybridized carbons (Fsp3) is 0.562. The Morgan fingerprint density at radius 3 is 2.43 bits per heavy atom. The molecule has 1 aliphatic rings. The number of amides is 1. The van der Waals surface area contributed by atoms with E-state index in [-0.39, 0.29) is 18.3 Å². The summed E-state index contributed by atoms with van der Waals surface area (Å²) in [5, 5.41) is 2.57. The van der Waals surface area contributed by atoms with Crippen LogP contribution in [0.2, 0.25) is 0 Å². The van der Waals surface area contributed by atoms with Gasteiger partial charge in [-0.05, 0) is 37.1 Å². The number of nitrogens with one attached hydrogen (secondary N) is 1. The third kappa shape index (κ3) is 5.00. The molecule has 0 spiro atoms. The van der Waals surface area contributed by atoms with Gasteiger partial charge in [-0.1, -0.05) is 19.3 Å². The molecule has 23 heavy (non-hydrogen) atoms. The van der Waals surface area contributed by atoms with Crippen molar-refractivity contribution >= 4 is 15.9 Å². The molecule has 1 fully saturated rings. The molecule has 1 N–H and O–H groups in total. The molecule has 0 aromatic heterocycles. The largest absolute Gasteiger partial charge is 0.351 e. The maximum absolute atomic E-state index is 12.8. The highest BCUT2D eigenvalue weighted by molar-refractivity contribution is 7.89. The summed E-state index contributed by atoms with van der Waals surface area (Å²) in [6.45, 7) is 0.0373. The van der Waals surface area contributed by atoms with Gasteiger partial charge in [0.05, 0.1) is 5.75 Å². The van der Waals surface area contributed by atoms with Crippen LogP contribution >= 0.6 is 0 Å². The van der Waals surface area contributed by atoms with E-state index in [9.17, 15) is 17.6 Å². The maximum Gasteiger partial charge on any atom is 0.251 e. The van der Waals surface area contributed by atoms with E-state index in [1.807, 2.05) is 0 Å². The number of hydrogen-bond acceptors (Lipinski definition) is 3. The fourth-order valence-electron chi connectivity index (χ4n) is 2.81. The van der Waals surface area contributed by atoms with Gasteiger partial charge in [-0.3, -0.25) is 4.79 Å². The van der Waals surface area contributed by atoms with Gasteiger partial charge in [-0.25, -0.2) is 17.1 Å². The van der Waals surface area contributed by atoms with Crippen molar-refractivity contribution < 1.29 is 17.6 Å². The van der Waals surface area contributed by atoms with Crippen molar-refractivity contribution in [3.8, 4) is 0 Å². The number of halogens is 1. The van der Waals surface area contributed by atoms with Gasteiger partial charge < -0.3 is 5.32 Å². The molecule has 1 saturated carbocycles. The second-order valence-electron chi connectivity index (χ2n) is 5.89. The molecular formula is C16H23FN2O3S. The van der Waals surface area contributed by atoms with Gasteiger partial charge in [-0.15, -0.1) is 0 Å². The number of carbonyl (C=O) groups is 1. The minimum atomic E-state index is -3.39. The van der Waals surface area contributed by atoms with E-state index < -0.39 is 21.7 Å². The summed E-state index contributed by atoms with van der Waals surface area (Å²) in [6.07, 6.45) is 5.09. The summed E-state index contributed by atoms with van der Waals surface area (Å²) >= 11 is 0. The minimum absolute atomic E-state index is 0.0373. The average molecular weight is 342 g/mol. The Labute approximate surface area is 136 Å². The molecule has 2 rings (SSSR count). The van der Waals surface area contributed by atoms with Crippen molar-refractivity contribution in [2.24, 2.45) is 0 Å². The van der Waals surface area contributed by atoms with Crippen molar-refractivity contribution in [1.82, 2.24) is 9.62 Å². The minimum Gasteiger partial charge on any atom is -0.351 e. The van der Waals surface area contributed by atoms with E-state index in [1.165, 1.54) is 28.6 Å². The first kappa shape index (κ1) is 17.9. The lowest BCUT2D eigenvalue weighted by molar-refractivity contribution is 0.0956. The van der Waals surface area contributed by atoms with Crippen LogP contribution in [-0.2, 0) is 10.0 Å². The maximum atomic E-state index is 12.8. The molecule has 0 unspecified atom stereocenters. The predicted octanol–water partition coefficient (Wildman–Crippen LogP) is 2.15. The SMILES string of the molecule is CN(C1CCCCC1)S(=O)(=O)CCNC(=O)c1ccc(F)cc1. The molecule has 0 heterocycles. The molecule has 128 valence electrons. The van der Waals surface area contributed by atoms with Gasteiger partial charge in [0.25, 0.3) is 5.91 Å². The lowest BCUT2D eigenvalue weighted by Crippen LogP contribution is -2.42. The normalized spacial score (nSPS) is 16.5. The number of hydrogen-bond donors (Lipinski definition) is 1. The lowest BCUT2D eigenvalue weighted by atomic mass is 9.96. The van der Waals surface area contributed by atoms with Crippen molar-refractivity contribution in [2.45, 2.75) is 38.1 Å². The van der Waals surface area contributed by atoms with Crippen LogP contribution in [0.15, 0.2) is 24.3 Å². The quantitative estimate of drug-likeness (QED) is 0.861. The highest BCUT2D eigenvalue weighted by atomic mass is 32.2. The molecule has 1 amide bonds. The van der Waals surface area contributed by atoms with E-state index in [1.54, 1.807) is 7.05 Å². The third-order valence-corrected chi connectivity index (χ3v) is 6.18. The highest BCUT2D eigenvalue weighted by Crippen LogP contribution is 2.23. The van der Waals surface area contributed by atoms with Crippen LogP contribution in [0.4, 0.5) is 4.39 Å². The van der Waals surface area contributed by atoms with Crippen molar-refractivity contribution in [1.29, 1.82) is 0 Å². The predicted molar refractivity (Wildman–Crippen MR) is 87.2 cm³/mol. The number of rotatable bonds is 6. The lowest BCUT2D eigenvalue weighted by Gasteiger charge is -2.30. The van der Waals surface area contributed by atoms with Crippen LogP contribution in [0.5, 0.6) is 0 Å². The molecule has 7 heteroatoms. The van der Waals surface area contributed by atoms with E-state index in [4.69, 9.17) is 0 Å². The Kier molecular flexibility index (Phi) is 6.12. The van der Waals surface area contributed by atoms with E-state index in [2.05, 4.69) is 5.32 Å². The molecule has 5 nitrogen and oxygen atoms in total. The molecule has 1 aromatic rings. The third-order valence-electron chi connectivity index (χ3n) is 4.28. The Morgan fingerprint density at radius 1 is 1.22 bits per heavy atom. The van der Waals surface area contributed by atoms with Crippen LogP contribution in [0.25, 0.3) is 0 Å². The van der Waals surface area contributed by atoms with Crippen molar-refractivity contribution in [3.63, 3.8) is 0 Å². The summed E-state index contributed by atoms with van der Waals surface area (Å²) in [5.74, 6) is -0.953. The van der Waals surface area contributed by atoms with Gasteiger partial charge in [0, 0.05) is 25.2 Å². The Morgan fingerprint density at radius 2 is 1.83 bits per heavy atom. The van der Waals surface area contributed by atoms with Crippen LogP contribution in [0, 0.1) is 5.82 Å². The summed E-state index contributed by atoms with van der Waals surface area (Å²) in [4.78, 5) is 11.9. The standard InChI is InChI=1S/C16H23FN2O3S/c1-19(15-5-3-2-4-6-15)23(21,22)12-11-18-16(20)13-7-9-14(17)10-8-13/h7-10,15H,2-6,11-12H2,1H3,(H,18,20). The summed E-state index contributed by atoms with van der Waals surface area (Å²) in [5.41, 5.74) is 0.310. The fourth-order valence-corrected chi connectivity index (χ4v) is 4.13. The molecule has 0 atom stereocenters. The van der Waals surface area contributed by atoms with Crippen LogP contribution in [0.3, 0.4) is 0 Å². The van der Waals surface area contributed by atoms with Gasteiger partial charge in [0.1, 0.15) is 5.82 Å². The first-order valence-corrected chi connectivity index (χ1v) is 9.50. The first-order valence-electron chi connectivity index (χ1n) is 7.89. The Bertz CT molecular complexity index is 625. The van der Waals surface area contributed by atoms with Crippen molar-refractivity contribution in [2.75, 3.05) is 19.3 Å². The molecule has 1 aliphatic carbocycles. The second-order valence-corrected chi connectivity index (χ2v) is 8.03. The van der Waals surface area contributed by atoms with Crippen molar-refractivity contribution in [3.05, 3.63) is 35.6 Å². The molecule has 0 radical (unpaired) electrons. The highest BCUT2D eigenvalue weighted by Gasteiger charge is 2.27. The number of nitrogens with zero attached hydrogens (tertiary/aromatic N) is 1. The molecular weight excluding hydrogens is 319 g/mol. The van der Waals surface area contributed by atoms with E-state index >= 15 is 0 Å². The van der Waals surface area contributed by atoms with Crippen LogP contribution in [0.1, 0.15) is 42.5 Å². The second kappa shape index (κ2) is 7.88. The Hall–Kier alpha value is -1.47. The van der Waals surface area contributed by atoms with Gasteiger partial charge >= 0.3 is 0 Å². The molecule has 0 saturated heterocycles. The monoisotopic (exact) mass is 342 g/mol. The van der Waals surface area contributed by atoms with E-state index in [0.29, 0.717) is 5.56 Å². The molecule has 0 bridgehead atoms. The average Bonchev–Trinajstić information content (AvgIpc) is 2.55. The van der Waals surface area contributed by atoms with Gasteiger partial charge in [-0.2, -0.15) is 0 Å². The number of carbonyl (C=O) groups excluding carboxylic acids is 1. The number of benzene rings is 1. The van der Waals surface area contributed by atoms with Gasteiger partial charge in [0.2, 0.25) is 10.0 Å². The Balaban J connectivity index is 1.84. The zero-order valence-corrected chi connectivity index (χ0v) is 14.1. The molecule has 1 aromatic carbocycles. The summed E-state index contributed by atoms with van der Waals surface area (Å²) in [7, 11) is -1.77. The van der Waals surface area contributed by atoms with E-state index in [0.717, 1.165) is 32.1 Å². The zero-order chi connectivity index (χ0) is 16.9. The summed E-state index contributed by atoms with van der Waals surface area (Å²) < 4.78 is 38.9. The smallest absolute Gasteiger partial charge is 0.251 e. The van der Waals surface area contributed by atoms with Crippen LogP contribution < -0.4 is 5.32 Å². The number of sulfonamides is 1. The van der Waals surface area contributed by atoms with Crippen LogP contribution in [-0.4, -0.2) is 44.0 Å². The zero-order valence-electron chi connectivity index (χ0n) is 13.3. The summed E-state index contributed by atoms with van der Waals surface area (Å²) in [6, 6.07) is 5.20.